The van der Waals surface area contributed by atoms with Gasteiger partial charge in [0.15, 0.2) is 6.29 Å². The molecule has 1 aliphatic heterocycles. The molecule has 0 spiro atoms. The van der Waals surface area contributed by atoms with E-state index in [-0.39, 0.29) is 12.7 Å². The fraction of sp³-hybridized carbons (Fsp3) is 1.00. The van der Waals surface area contributed by atoms with Crippen LogP contribution < -0.4 is 0 Å². The molecule has 1 aliphatic rings. The summed E-state index contributed by atoms with van der Waals surface area (Å²) in [6, 6.07) is 0. The molecule has 0 amide bonds. The van der Waals surface area contributed by atoms with Gasteiger partial charge in [0, 0.05) is 13.2 Å². The number of unbranched alkanes of at least 4 members (excludes halogenated alkanes) is 28. The monoisotopic (exact) mass is 731 g/mol. The molecule has 8 nitrogen and oxygen atoms in total. The summed E-state index contributed by atoms with van der Waals surface area (Å²) in [5.74, 6) is 0. The lowest BCUT2D eigenvalue weighted by Gasteiger charge is -2.22. The van der Waals surface area contributed by atoms with Crippen molar-refractivity contribution in [1.29, 1.82) is 0 Å². The molecule has 306 valence electrons. The van der Waals surface area contributed by atoms with Crippen LogP contribution in [0, 0.1) is 0 Å². The van der Waals surface area contributed by atoms with E-state index in [0.29, 0.717) is 19.8 Å². The van der Waals surface area contributed by atoms with Crippen molar-refractivity contribution in [2.75, 3.05) is 33.0 Å². The molecule has 6 atom stereocenters. The van der Waals surface area contributed by atoms with Gasteiger partial charge in [-0.15, -0.1) is 0 Å². The Morgan fingerprint density at radius 2 is 0.863 bits per heavy atom. The molecule has 1 heterocycles. The summed E-state index contributed by atoms with van der Waals surface area (Å²) < 4.78 is 23.5. The molecule has 1 rings (SSSR count). The Bertz CT molecular complexity index is 697. The molecule has 51 heavy (non-hydrogen) atoms. The SMILES string of the molecule is CCCCCCCCCCCCCCCCCOCC(COC1OC(C(O)CO)C(O)C1O)OCCCCCCCCCCCCCCCCC. The van der Waals surface area contributed by atoms with E-state index in [1.807, 2.05) is 0 Å². The number of aliphatic hydroxyl groups is 4. The number of ether oxygens (including phenoxy) is 4. The van der Waals surface area contributed by atoms with Crippen molar-refractivity contribution < 1.29 is 39.4 Å². The standard InChI is InChI=1S/C43H86O8/c1-3-5-7-9-11-13-15-17-19-21-23-25-27-29-31-33-48-36-38(37-50-43-41(47)40(46)42(51-43)39(45)35-44)49-34-32-30-28-26-24-22-20-18-16-14-12-10-8-6-4-2/h38-47H,3-37H2,1-2H3. The van der Waals surface area contributed by atoms with Crippen molar-refractivity contribution in [2.45, 2.75) is 243 Å². The van der Waals surface area contributed by atoms with Gasteiger partial charge in [0.05, 0.1) is 19.8 Å². The van der Waals surface area contributed by atoms with E-state index in [9.17, 15) is 20.4 Å². The molecule has 0 aliphatic carbocycles. The third-order valence-electron chi connectivity index (χ3n) is 10.6. The van der Waals surface area contributed by atoms with Crippen molar-refractivity contribution in [3.8, 4) is 0 Å². The third kappa shape index (κ3) is 27.9. The molecule has 0 aromatic heterocycles. The Morgan fingerprint density at radius 1 is 0.490 bits per heavy atom. The Kier molecular flexibility index (Phi) is 35.0. The van der Waals surface area contributed by atoms with E-state index in [4.69, 9.17) is 18.9 Å². The van der Waals surface area contributed by atoms with E-state index in [1.54, 1.807) is 0 Å². The predicted molar refractivity (Wildman–Crippen MR) is 210 cm³/mol. The van der Waals surface area contributed by atoms with E-state index >= 15 is 0 Å². The zero-order valence-electron chi connectivity index (χ0n) is 33.6. The maximum absolute atomic E-state index is 10.4. The van der Waals surface area contributed by atoms with Gasteiger partial charge in [0.25, 0.3) is 0 Å². The smallest absolute Gasteiger partial charge is 0.186 e. The largest absolute Gasteiger partial charge is 0.394 e. The fourth-order valence-electron chi connectivity index (χ4n) is 7.09. The normalized spacial score (nSPS) is 20.4. The molecular weight excluding hydrogens is 644 g/mol. The zero-order chi connectivity index (χ0) is 37.0. The second kappa shape index (κ2) is 36.6. The molecule has 0 aromatic rings. The van der Waals surface area contributed by atoms with Gasteiger partial charge in [-0.2, -0.15) is 0 Å². The molecule has 4 N–H and O–H groups in total. The molecule has 0 bridgehead atoms. The van der Waals surface area contributed by atoms with E-state index < -0.39 is 37.3 Å². The molecule has 1 fully saturated rings. The zero-order valence-corrected chi connectivity index (χ0v) is 33.6. The van der Waals surface area contributed by atoms with Gasteiger partial charge in [-0.3, -0.25) is 0 Å². The molecular formula is C43H86O8. The number of aliphatic hydroxyl groups excluding tert-OH is 4. The first-order chi connectivity index (χ1) is 25.0. The van der Waals surface area contributed by atoms with Gasteiger partial charge in [-0.1, -0.05) is 194 Å². The average molecular weight is 731 g/mol. The van der Waals surface area contributed by atoms with E-state index in [1.165, 1.54) is 173 Å². The molecule has 6 unspecified atom stereocenters. The summed E-state index contributed by atoms with van der Waals surface area (Å²) in [4.78, 5) is 0. The van der Waals surface area contributed by atoms with Crippen LogP contribution in [0.1, 0.15) is 206 Å². The van der Waals surface area contributed by atoms with Crippen LogP contribution >= 0.6 is 0 Å². The first-order valence-corrected chi connectivity index (χ1v) is 22.2. The van der Waals surface area contributed by atoms with Gasteiger partial charge in [0.1, 0.15) is 30.5 Å². The van der Waals surface area contributed by atoms with Crippen LogP contribution in [-0.4, -0.2) is 90.3 Å². The highest BCUT2D eigenvalue weighted by Crippen LogP contribution is 2.25. The van der Waals surface area contributed by atoms with E-state index in [2.05, 4.69) is 13.8 Å². The summed E-state index contributed by atoms with van der Waals surface area (Å²) in [5.41, 5.74) is 0. The highest BCUT2D eigenvalue weighted by molar-refractivity contribution is 4.90. The van der Waals surface area contributed by atoms with Gasteiger partial charge < -0.3 is 39.4 Å². The first-order valence-electron chi connectivity index (χ1n) is 22.2. The van der Waals surface area contributed by atoms with Crippen LogP contribution in [0.15, 0.2) is 0 Å². The maximum atomic E-state index is 10.4. The van der Waals surface area contributed by atoms with Gasteiger partial charge in [-0.05, 0) is 12.8 Å². The molecule has 1 saturated heterocycles. The van der Waals surface area contributed by atoms with Crippen LogP contribution in [0.4, 0.5) is 0 Å². The van der Waals surface area contributed by atoms with Crippen LogP contribution in [0.2, 0.25) is 0 Å². The molecule has 0 radical (unpaired) electrons. The Labute approximate surface area is 315 Å². The Balaban J connectivity index is 2.17. The predicted octanol–water partition coefficient (Wildman–Crippen LogP) is 9.95. The van der Waals surface area contributed by atoms with Crippen LogP contribution in [-0.2, 0) is 18.9 Å². The average Bonchev–Trinajstić information content (AvgIpc) is 3.43. The molecule has 0 aromatic carbocycles. The van der Waals surface area contributed by atoms with Crippen molar-refractivity contribution >= 4 is 0 Å². The third-order valence-corrected chi connectivity index (χ3v) is 10.6. The summed E-state index contributed by atoms with van der Waals surface area (Å²) in [6.07, 6.45) is 33.4. The Hall–Kier alpha value is -0.320. The summed E-state index contributed by atoms with van der Waals surface area (Å²) >= 11 is 0. The van der Waals surface area contributed by atoms with Gasteiger partial charge >= 0.3 is 0 Å². The second-order valence-electron chi connectivity index (χ2n) is 15.5. The quantitative estimate of drug-likeness (QED) is 0.0461. The van der Waals surface area contributed by atoms with Crippen molar-refractivity contribution in [3.63, 3.8) is 0 Å². The van der Waals surface area contributed by atoms with E-state index in [0.717, 1.165) is 19.3 Å². The minimum absolute atomic E-state index is 0.147. The number of rotatable bonds is 40. The highest BCUT2D eigenvalue weighted by atomic mass is 16.7. The van der Waals surface area contributed by atoms with Gasteiger partial charge in [-0.25, -0.2) is 0 Å². The number of hydrogen-bond donors (Lipinski definition) is 4. The lowest BCUT2D eigenvalue weighted by molar-refractivity contribution is -0.198. The number of hydrogen-bond acceptors (Lipinski definition) is 8. The minimum Gasteiger partial charge on any atom is -0.394 e. The topological polar surface area (TPSA) is 118 Å². The van der Waals surface area contributed by atoms with Crippen molar-refractivity contribution in [3.05, 3.63) is 0 Å². The lowest BCUT2D eigenvalue weighted by atomic mass is 10.0. The lowest BCUT2D eigenvalue weighted by Crippen LogP contribution is -2.40. The van der Waals surface area contributed by atoms with Crippen LogP contribution in [0.5, 0.6) is 0 Å². The second-order valence-corrected chi connectivity index (χ2v) is 15.5. The van der Waals surface area contributed by atoms with Crippen molar-refractivity contribution in [2.24, 2.45) is 0 Å². The maximum Gasteiger partial charge on any atom is 0.186 e. The summed E-state index contributed by atoms with van der Waals surface area (Å²) in [6.45, 7) is 5.83. The fourth-order valence-corrected chi connectivity index (χ4v) is 7.09. The first kappa shape index (κ1) is 48.7. The van der Waals surface area contributed by atoms with Crippen molar-refractivity contribution in [1.82, 2.24) is 0 Å². The Morgan fingerprint density at radius 3 is 1.25 bits per heavy atom. The summed E-state index contributed by atoms with van der Waals surface area (Å²) in [7, 11) is 0. The summed E-state index contributed by atoms with van der Waals surface area (Å²) in [5, 5.41) is 39.8. The molecule has 0 saturated carbocycles. The van der Waals surface area contributed by atoms with Gasteiger partial charge in [0.2, 0.25) is 0 Å². The van der Waals surface area contributed by atoms with Crippen LogP contribution in [0.3, 0.4) is 0 Å². The molecule has 8 heteroatoms. The highest BCUT2D eigenvalue weighted by Gasteiger charge is 2.46. The van der Waals surface area contributed by atoms with Crippen LogP contribution in [0.25, 0.3) is 0 Å². The minimum atomic E-state index is -1.34.